The van der Waals surface area contributed by atoms with E-state index in [9.17, 15) is 18.8 Å². The molecular weight excluding hydrogens is 373 g/mol. The third-order valence-electron chi connectivity index (χ3n) is 4.33. The number of nitrogens with zero attached hydrogens (tertiary/aromatic N) is 1. The second kappa shape index (κ2) is 7.88. The summed E-state index contributed by atoms with van der Waals surface area (Å²) in [6.07, 6.45) is 0.122. The highest BCUT2D eigenvalue weighted by atomic mass is 35.5. The molecule has 2 aromatic carbocycles. The summed E-state index contributed by atoms with van der Waals surface area (Å²) in [7, 11) is 0. The van der Waals surface area contributed by atoms with Gasteiger partial charge in [-0.2, -0.15) is 0 Å². The van der Waals surface area contributed by atoms with Gasteiger partial charge in [0.2, 0.25) is 11.7 Å². The van der Waals surface area contributed by atoms with Gasteiger partial charge in [-0.3, -0.25) is 9.59 Å². The van der Waals surface area contributed by atoms with Crippen molar-refractivity contribution in [1.29, 1.82) is 0 Å². The molecule has 0 aromatic heterocycles. The van der Waals surface area contributed by atoms with Crippen molar-refractivity contribution in [3.8, 4) is 0 Å². The highest BCUT2D eigenvalue weighted by Gasteiger charge is 2.26. The SMILES string of the molecule is C[C@@H](OC(=O)c1ccc(Cl)c(N2CCCC2=O)c1)C(=O)c1ccc(F)cc1. The normalized spacial score (nSPS) is 14.9. The van der Waals surface area contributed by atoms with E-state index in [1.165, 1.54) is 54.3 Å². The van der Waals surface area contributed by atoms with Gasteiger partial charge in [-0.15, -0.1) is 0 Å². The molecule has 0 N–H and O–H groups in total. The van der Waals surface area contributed by atoms with Crippen molar-refractivity contribution in [2.24, 2.45) is 0 Å². The maximum Gasteiger partial charge on any atom is 0.338 e. The van der Waals surface area contributed by atoms with E-state index in [0.717, 1.165) is 6.42 Å². The van der Waals surface area contributed by atoms with E-state index >= 15 is 0 Å². The monoisotopic (exact) mass is 389 g/mol. The zero-order valence-electron chi connectivity index (χ0n) is 14.6. The second-order valence-corrected chi connectivity index (χ2v) is 6.64. The van der Waals surface area contributed by atoms with Crippen molar-refractivity contribution in [1.82, 2.24) is 0 Å². The Hall–Kier alpha value is -2.73. The first-order chi connectivity index (χ1) is 12.9. The number of hydrogen-bond donors (Lipinski definition) is 0. The third kappa shape index (κ3) is 4.17. The molecule has 140 valence electrons. The van der Waals surface area contributed by atoms with E-state index in [1.54, 1.807) is 0 Å². The largest absolute Gasteiger partial charge is 0.451 e. The zero-order valence-corrected chi connectivity index (χ0v) is 15.3. The molecule has 1 amide bonds. The highest BCUT2D eigenvalue weighted by Crippen LogP contribution is 2.30. The van der Waals surface area contributed by atoms with Crippen LogP contribution >= 0.6 is 11.6 Å². The molecule has 0 unspecified atom stereocenters. The topological polar surface area (TPSA) is 63.7 Å². The average Bonchev–Trinajstić information content (AvgIpc) is 3.07. The number of carbonyl (C=O) groups excluding carboxylic acids is 3. The molecule has 0 radical (unpaired) electrons. The molecule has 1 aliphatic rings. The summed E-state index contributed by atoms with van der Waals surface area (Å²) in [5.74, 6) is -1.65. The first-order valence-corrected chi connectivity index (χ1v) is 8.85. The Balaban J connectivity index is 1.74. The van der Waals surface area contributed by atoms with Gasteiger partial charge >= 0.3 is 5.97 Å². The van der Waals surface area contributed by atoms with Gasteiger partial charge in [-0.05, 0) is 55.8 Å². The zero-order chi connectivity index (χ0) is 19.6. The maximum absolute atomic E-state index is 13.0. The van der Waals surface area contributed by atoms with Gasteiger partial charge in [-0.1, -0.05) is 11.6 Å². The van der Waals surface area contributed by atoms with Gasteiger partial charge in [0.15, 0.2) is 6.10 Å². The van der Waals surface area contributed by atoms with Crippen molar-refractivity contribution < 1.29 is 23.5 Å². The van der Waals surface area contributed by atoms with Crippen molar-refractivity contribution in [3.63, 3.8) is 0 Å². The van der Waals surface area contributed by atoms with E-state index in [0.29, 0.717) is 23.7 Å². The molecule has 1 saturated heterocycles. The number of ketones is 1. The molecule has 1 atom stereocenters. The number of esters is 1. The third-order valence-corrected chi connectivity index (χ3v) is 4.65. The van der Waals surface area contributed by atoms with Crippen molar-refractivity contribution in [2.45, 2.75) is 25.9 Å². The van der Waals surface area contributed by atoms with E-state index < -0.39 is 23.7 Å². The predicted octanol–water partition coefficient (Wildman–Crippen LogP) is 4.03. The quantitative estimate of drug-likeness (QED) is 0.572. The van der Waals surface area contributed by atoms with Gasteiger partial charge < -0.3 is 9.64 Å². The van der Waals surface area contributed by atoms with E-state index in [-0.39, 0.29) is 17.0 Å². The fourth-order valence-corrected chi connectivity index (χ4v) is 3.10. The summed E-state index contributed by atoms with van der Waals surface area (Å²) in [6.45, 7) is 1.99. The summed E-state index contributed by atoms with van der Waals surface area (Å²) in [5.41, 5.74) is 0.884. The van der Waals surface area contributed by atoms with Crippen LogP contribution in [0.2, 0.25) is 5.02 Å². The Bertz CT molecular complexity index is 897. The average molecular weight is 390 g/mol. The minimum atomic E-state index is -1.05. The van der Waals surface area contributed by atoms with Gasteiger partial charge in [0.05, 0.1) is 16.3 Å². The number of carbonyl (C=O) groups is 3. The summed E-state index contributed by atoms with van der Waals surface area (Å²) in [5, 5.41) is 0.359. The number of rotatable bonds is 5. The van der Waals surface area contributed by atoms with Crippen LogP contribution in [-0.2, 0) is 9.53 Å². The van der Waals surface area contributed by atoms with Crippen LogP contribution in [0, 0.1) is 5.82 Å². The maximum atomic E-state index is 13.0. The summed E-state index contributed by atoms with van der Waals surface area (Å²) < 4.78 is 18.2. The number of benzene rings is 2. The number of ether oxygens (including phenoxy) is 1. The Morgan fingerprint density at radius 3 is 2.44 bits per heavy atom. The summed E-state index contributed by atoms with van der Waals surface area (Å²) >= 11 is 6.16. The van der Waals surface area contributed by atoms with Crippen molar-refractivity contribution in [3.05, 3.63) is 64.4 Å². The summed E-state index contributed by atoms with van der Waals surface area (Å²) in [6, 6.07) is 9.49. The van der Waals surface area contributed by atoms with E-state index in [4.69, 9.17) is 16.3 Å². The molecular formula is C20H17ClFNO4. The highest BCUT2D eigenvalue weighted by molar-refractivity contribution is 6.34. The number of anilines is 1. The lowest BCUT2D eigenvalue weighted by Gasteiger charge is -2.18. The smallest absolute Gasteiger partial charge is 0.338 e. The van der Waals surface area contributed by atoms with Gasteiger partial charge in [0.25, 0.3) is 0 Å². The molecule has 27 heavy (non-hydrogen) atoms. The van der Waals surface area contributed by atoms with Crippen LogP contribution in [0.3, 0.4) is 0 Å². The molecule has 1 aliphatic heterocycles. The van der Waals surface area contributed by atoms with Gasteiger partial charge in [-0.25, -0.2) is 9.18 Å². The van der Waals surface area contributed by atoms with Crippen LogP contribution in [0.25, 0.3) is 0 Å². The fraction of sp³-hybridized carbons (Fsp3) is 0.250. The second-order valence-electron chi connectivity index (χ2n) is 6.23. The number of amides is 1. The molecule has 7 heteroatoms. The summed E-state index contributed by atoms with van der Waals surface area (Å²) in [4.78, 5) is 38.2. The molecule has 1 fully saturated rings. The lowest BCUT2D eigenvalue weighted by Crippen LogP contribution is -2.26. The van der Waals surface area contributed by atoms with Crippen LogP contribution in [0.5, 0.6) is 0 Å². The number of Topliss-reactive ketones (excluding diaryl/α,β-unsaturated/α-hetero) is 1. The van der Waals surface area contributed by atoms with Crippen molar-refractivity contribution in [2.75, 3.05) is 11.4 Å². The minimum absolute atomic E-state index is 0.0535. The Labute approximate surface area is 160 Å². The Kier molecular flexibility index (Phi) is 5.56. The molecule has 0 saturated carbocycles. The predicted molar refractivity (Wildman–Crippen MR) is 98.6 cm³/mol. The molecule has 0 bridgehead atoms. The first-order valence-electron chi connectivity index (χ1n) is 8.47. The molecule has 5 nitrogen and oxygen atoms in total. The van der Waals surface area contributed by atoms with E-state index in [2.05, 4.69) is 0 Å². The van der Waals surface area contributed by atoms with Crippen LogP contribution in [0.4, 0.5) is 10.1 Å². The van der Waals surface area contributed by atoms with Crippen molar-refractivity contribution >= 4 is 34.9 Å². The Morgan fingerprint density at radius 1 is 1.15 bits per heavy atom. The standard InChI is InChI=1S/C20H17ClFNO4/c1-12(19(25)13-4-7-15(22)8-5-13)27-20(26)14-6-9-16(21)17(11-14)23-10-2-3-18(23)24/h4-9,11-12H,2-3,10H2,1H3/t12-/m1/s1. The van der Waals surface area contributed by atoms with E-state index in [1.807, 2.05) is 0 Å². The molecule has 0 aliphatic carbocycles. The molecule has 3 rings (SSSR count). The molecule has 1 heterocycles. The fourth-order valence-electron chi connectivity index (χ4n) is 2.88. The number of halogens is 2. The van der Waals surface area contributed by atoms with Gasteiger partial charge in [0, 0.05) is 18.5 Å². The van der Waals surface area contributed by atoms with Crippen LogP contribution in [0.15, 0.2) is 42.5 Å². The minimum Gasteiger partial charge on any atom is -0.451 e. The molecule has 2 aromatic rings. The molecule has 0 spiro atoms. The Morgan fingerprint density at radius 2 is 1.81 bits per heavy atom. The lowest BCUT2D eigenvalue weighted by atomic mass is 10.1. The lowest BCUT2D eigenvalue weighted by molar-refractivity contribution is -0.117. The number of hydrogen-bond acceptors (Lipinski definition) is 4. The van der Waals surface area contributed by atoms with Gasteiger partial charge in [0.1, 0.15) is 5.82 Å². The van der Waals surface area contributed by atoms with Crippen LogP contribution in [0.1, 0.15) is 40.5 Å². The van der Waals surface area contributed by atoms with Crippen LogP contribution < -0.4 is 4.90 Å². The first kappa shape index (κ1) is 19.0. The van der Waals surface area contributed by atoms with Crippen LogP contribution in [-0.4, -0.2) is 30.3 Å².